The molecule has 0 saturated carbocycles. The van der Waals surface area contributed by atoms with E-state index in [4.69, 9.17) is 5.73 Å². The fourth-order valence-electron chi connectivity index (χ4n) is 5.97. The second-order valence-corrected chi connectivity index (χ2v) is 10.7. The number of anilines is 3. The minimum Gasteiger partial charge on any atom is -0.372 e. The molecule has 10 nitrogen and oxygen atoms in total. The summed E-state index contributed by atoms with van der Waals surface area (Å²) in [5.74, 6) is -0.505. The van der Waals surface area contributed by atoms with Crippen LogP contribution in [0.1, 0.15) is 43.9 Å². The number of aromatic amines is 1. The molecule has 2 aromatic carbocycles. The van der Waals surface area contributed by atoms with Gasteiger partial charge in [-0.2, -0.15) is 0 Å². The highest BCUT2D eigenvalue weighted by Crippen LogP contribution is 2.31. The second kappa shape index (κ2) is 10.6. The number of hydrogen-bond donors (Lipinski definition) is 2. The van der Waals surface area contributed by atoms with Crippen molar-refractivity contribution in [3.63, 3.8) is 0 Å². The molecular weight excluding hydrogens is 508 g/mol. The summed E-state index contributed by atoms with van der Waals surface area (Å²) in [4.78, 5) is 59.6. The van der Waals surface area contributed by atoms with Gasteiger partial charge in [0.2, 0.25) is 11.5 Å². The largest absolute Gasteiger partial charge is 0.372 e. The molecule has 4 heterocycles. The number of piperidine rings is 1. The first kappa shape index (κ1) is 25.8. The standard InChI is InChI=1S/C30H32N6O4/c31-28(38)21-1-3-22(4-2-21)34-11-9-20(10-12-34)19-33-13-15-35(16-14-33)23-5-7-25-26(17-23)30(40)36(29(25)39)24-6-8-27(37)32-18-24/h1-8,17-18,20H,9-16,19H2,(H2,31,38)(H,32,37). The van der Waals surface area contributed by atoms with E-state index in [-0.39, 0.29) is 17.4 Å². The zero-order valence-corrected chi connectivity index (χ0v) is 22.2. The molecule has 10 heteroatoms. The van der Waals surface area contributed by atoms with E-state index in [2.05, 4.69) is 19.7 Å². The van der Waals surface area contributed by atoms with Crippen LogP contribution in [0.5, 0.6) is 0 Å². The van der Waals surface area contributed by atoms with E-state index in [1.54, 1.807) is 18.2 Å². The van der Waals surface area contributed by atoms with Crippen molar-refractivity contribution in [1.29, 1.82) is 0 Å². The third kappa shape index (κ3) is 4.98. The van der Waals surface area contributed by atoms with Crippen LogP contribution < -0.4 is 26.0 Å². The molecule has 2 saturated heterocycles. The van der Waals surface area contributed by atoms with Crippen LogP contribution in [0.25, 0.3) is 0 Å². The Balaban J connectivity index is 1.02. The molecule has 0 atom stereocenters. The Hall–Kier alpha value is -4.44. The highest BCUT2D eigenvalue weighted by molar-refractivity contribution is 6.34. The quantitative estimate of drug-likeness (QED) is 0.460. The molecule has 0 spiro atoms. The number of benzene rings is 2. The minimum atomic E-state index is -0.403. The van der Waals surface area contributed by atoms with Gasteiger partial charge in [0.1, 0.15) is 0 Å². The van der Waals surface area contributed by atoms with Gasteiger partial charge >= 0.3 is 0 Å². The van der Waals surface area contributed by atoms with Gasteiger partial charge in [0, 0.05) is 75.0 Å². The van der Waals surface area contributed by atoms with E-state index in [9.17, 15) is 19.2 Å². The van der Waals surface area contributed by atoms with Crippen molar-refractivity contribution in [2.24, 2.45) is 11.7 Å². The van der Waals surface area contributed by atoms with Crippen molar-refractivity contribution >= 4 is 34.8 Å². The van der Waals surface area contributed by atoms with Crippen molar-refractivity contribution in [2.75, 3.05) is 60.5 Å². The van der Waals surface area contributed by atoms with Crippen LogP contribution in [0.4, 0.5) is 17.1 Å². The van der Waals surface area contributed by atoms with Gasteiger partial charge in [-0.15, -0.1) is 0 Å². The molecule has 3 aliphatic rings. The average molecular weight is 541 g/mol. The summed E-state index contributed by atoms with van der Waals surface area (Å²) in [6.45, 7) is 6.68. The Morgan fingerprint density at radius 1 is 0.750 bits per heavy atom. The predicted molar refractivity (Wildman–Crippen MR) is 153 cm³/mol. The molecule has 0 unspecified atom stereocenters. The number of pyridine rings is 1. The number of carbonyl (C=O) groups is 3. The maximum atomic E-state index is 13.1. The molecule has 40 heavy (non-hydrogen) atoms. The first-order valence-corrected chi connectivity index (χ1v) is 13.7. The monoisotopic (exact) mass is 540 g/mol. The van der Waals surface area contributed by atoms with Crippen molar-refractivity contribution < 1.29 is 14.4 Å². The van der Waals surface area contributed by atoms with Crippen molar-refractivity contribution in [2.45, 2.75) is 12.8 Å². The molecule has 6 rings (SSSR count). The number of fused-ring (bicyclic) bond motifs is 1. The van der Waals surface area contributed by atoms with Crippen LogP contribution in [0.3, 0.4) is 0 Å². The van der Waals surface area contributed by atoms with Crippen LogP contribution in [0.2, 0.25) is 0 Å². The van der Waals surface area contributed by atoms with Gasteiger partial charge in [0.15, 0.2) is 0 Å². The normalized spacial score (nSPS) is 18.4. The van der Waals surface area contributed by atoms with Crippen molar-refractivity contribution in [3.8, 4) is 0 Å². The van der Waals surface area contributed by atoms with E-state index in [1.165, 1.54) is 18.3 Å². The third-order valence-corrected chi connectivity index (χ3v) is 8.28. The summed E-state index contributed by atoms with van der Waals surface area (Å²) >= 11 is 0. The minimum absolute atomic E-state index is 0.291. The molecule has 0 aliphatic carbocycles. The molecule has 2 fully saturated rings. The van der Waals surface area contributed by atoms with Crippen LogP contribution in [0.15, 0.2) is 65.6 Å². The van der Waals surface area contributed by atoms with Crippen molar-refractivity contribution in [1.82, 2.24) is 9.88 Å². The van der Waals surface area contributed by atoms with Gasteiger partial charge in [-0.05, 0) is 67.3 Å². The lowest BCUT2D eigenvalue weighted by atomic mass is 9.95. The summed E-state index contributed by atoms with van der Waals surface area (Å²) in [7, 11) is 0. The average Bonchev–Trinajstić information content (AvgIpc) is 3.23. The fourth-order valence-corrected chi connectivity index (χ4v) is 5.97. The van der Waals surface area contributed by atoms with E-state index in [1.807, 2.05) is 24.3 Å². The number of imide groups is 1. The van der Waals surface area contributed by atoms with Crippen LogP contribution in [-0.4, -0.2) is 73.4 Å². The molecular formula is C30H32N6O4. The number of hydrogen-bond acceptors (Lipinski definition) is 7. The fraction of sp³-hybridized carbons (Fsp3) is 0.333. The number of H-pyrrole nitrogens is 1. The molecule has 3 N–H and O–H groups in total. The Labute approximate surface area is 232 Å². The summed E-state index contributed by atoms with van der Waals surface area (Å²) in [6.07, 6.45) is 3.64. The van der Waals surface area contributed by atoms with Gasteiger partial charge in [0.05, 0.1) is 16.8 Å². The predicted octanol–water partition coefficient (Wildman–Crippen LogP) is 2.31. The highest BCUT2D eigenvalue weighted by Gasteiger charge is 2.37. The Morgan fingerprint density at radius 3 is 2.02 bits per heavy atom. The number of nitrogens with one attached hydrogen (secondary N) is 1. The number of rotatable bonds is 6. The van der Waals surface area contributed by atoms with E-state index in [0.29, 0.717) is 28.3 Å². The maximum Gasteiger partial charge on any atom is 0.266 e. The SMILES string of the molecule is NC(=O)c1ccc(N2CCC(CN3CCN(c4ccc5c(c4)C(=O)N(c4ccc(=O)[nH]c4)C5=O)CC3)CC2)cc1. The number of primary amides is 1. The first-order chi connectivity index (χ1) is 19.4. The highest BCUT2D eigenvalue weighted by atomic mass is 16.2. The molecule has 206 valence electrons. The maximum absolute atomic E-state index is 13.1. The molecule has 0 bridgehead atoms. The number of carbonyl (C=O) groups excluding carboxylic acids is 3. The third-order valence-electron chi connectivity index (χ3n) is 8.28. The van der Waals surface area contributed by atoms with Gasteiger partial charge < -0.3 is 20.5 Å². The Morgan fingerprint density at radius 2 is 1.38 bits per heavy atom. The van der Waals surface area contributed by atoms with Crippen LogP contribution >= 0.6 is 0 Å². The first-order valence-electron chi connectivity index (χ1n) is 13.7. The number of nitrogens with zero attached hydrogens (tertiary/aromatic N) is 4. The van der Waals surface area contributed by atoms with E-state index >= 15 is 0 Å². The zero-order chi connectivity index (χ0) is 27.8. The van der Waals surface area contributed by atoms with Crippen molar-refractivity contribution in [3.05, 3.63) is 87.8 Å². The summed E-state index contributed by atoms with van der Waals surface area (Å²) in [6, 6.07) is 15.8. The number of piperazine rings is 1. The van der Waals surface area contributed by atoms with Gasteiger partial charge in [0.25, 0.3) is 11.8 Å². The molecule has 1 aromatic heterocycles. The lowest BCUT2D eigenvalue weighted by Crippen LogP contribution is -2.49. The number of aromatic nitrogens is 1. The lowest BCUT2D eigenvalue weighted by Gasteiger charge is -2.40. The summed E-state index contributed by atoms with van der Waals surface area (Å²) in [5, 5.41) is 0. The van der Waals surface area contributed by atoms with E-state index in [0.717, 1.165) is 74.9 Å². The van der Waals surface area contributed by atoms with Crippen LogP contribution in [0, 0.1) is 5.92 Å². The Kier molecular flexibility index (Phi) is 6.85. The number of amides is 3. The van der Waals surface area contributed by atoms with Gasteiger partial charge in [-0.25, -0.2) is 4.90 Å². The molecule has 3 aliphatic heterocycles. The molecule has 3 amide bonds. The Bertz CT molecular complexity index is 1480. The zero-order valence-electron chi connectivity index (χ0n) is 22.2. The molecule has 0 radical (unpaired) electrons. The topological polar surface area (TPSA) is 123 Å². The van der Waals surface area contributed by atoms with E-state index < -0.39 is 5.91 Å². The van der Waals surface area contributed by atoms with Gasteiger partial charge in [-0.3, -0.25) is 24.1 Å². The summed E-state index contributed by atoms with van der Waals surface area (Å²) < 4.78 is 0. The second-order valence-electron chi connectivity index (χ2n) is 10.7. The van der Waals surface area contributed by atoms with Crippen LogP contribution in [-0.2, 0) is 0 Å². The van der Waals surface area contributed by atoms with Gasteiger partial charge in [-0.1, -0.05) is 0 Å². The molecule has 3 aromatic rings. The smallest absolute Gasteiger partial charge is 0.266 e. The lowest BCUT2D eigenvalue weighted by molar-refractivity contribution is 0.0924. The summed E-state index contributed by atoms with van der Waals surface area (Å²) in [5.41, 5.74) is 8.81. The number of nitrogens with two attached hydrogens (primary N) is 1.